The summed E-state index contributed by atoms with van der Waals surface area (Å²) in [6.07, 6.45) is 3.15. The standard InChI is InChI=1S/C17H26N2O/c1-4-11-19(16-7-9-18-10-8-16)17(20)15-6-5-13(2)14(3)12-15/h5-6,12,16,18H,4,7-11H2,1-3H3. The quantitative estimate of drug-likeness (QED) is 0.915. The van der Waals surface area contributed by atoms with Crippen LogP contribution in [0.15, 0.2) is 18.2 Å². The highest BCUT2D eigenvalue weighted by Gasteiger charge is 2.25. The van der Waals surface area contributed by atoms with Crippen LogP contribution in [0, 0.1) is 13.8 Å². The van der Waals surface area contributed by atoms with Crippen LogP contribution in [0.2, 0.25) is 0 Å². The van der Waals surface area contributed by atoms with E-state index < -0.39 is 0 Å². The zero-order valence-corrected chi connectivity index (χ0v) is 12.9. The predicted octanol–water partition coefficient (Wildman–Crippen LogP) is 2.91. The van der Waals surface area contributed by atoms with Gasteiger partial charge in [0.05, 0.1) is 0 Å². The highest BCUT2D eigenvalue weighted by Crippen LogP contribution is 2.18. The summed E-state index contributed by atoms with van der Waals surface area (Å²) < 4.78 is 0. The van der Waals surface area contributed by atoms with Crippen LogP contribution in [0.1, 0.15) is 47.7 Å². The minimum atomic E-state index is 0.196. The minimum Gasteiger partial charge on any atom is -0.336 e. The van der Waals surface area contributed by atoms with E-state index in [2.05, 4.69) is 37.1 Å². The Morgan fingerprint density at radius 2 is 1.95 bits per heavy atom. The molecule has 2 rings (SSSR count). The zero-order valence-electron chi connectivity index (χ0n) is 12.9. The fourth-order valence-electron chi connectivity index (χ4n) is 2.85. The molecule has 0 aliphatic carbocycles. The highest BCUT2D eigenvalue weighted by atomic mass is 16.2. The topological polar surface area (TPSA) is 32.3 Å². The molecule has 1 saturated heterocycles. The molecule has 1 fully saturated rings. The number of nitrogens with zero attached hydrogens (tertiary/aromatic N) is 1. The molecule has 1 heterocycles. The Bertz CT molecular complexity index is 464. The van der Waals surface area contributed by atoms with E-state index in [0.717, 1.165) is 44.5 Å². The third-order valence-electron chi connectivity index (χ3n) is 4.23. The summed E-state index contributed by atoms with van der Waals surface area (Å²) in [4.78, 5) is 14.9. The van der Waals surface area contributed by atoms with E-state index in [9.17, 15) is 4.79 Å². The molecule has 1 aromatic carbocycles. The van der Waals surface area contributed by atoms with Crippen molar-refractivity contribution >= 4 is 5.91 Å². The normalized spacial score (nSPS) is 16.1. The van der Waals surface area contributed by atoms with Crippen LogP contribution in [0.4, 0.5) is 0 Å². The number of aryl methyl sites for hydroxylation is 2. The number of hydrogen-bond acceptors (Lipinski definition) is 2. The number of rotatable bonds is 4. The lowest BCUT2D eigenvalue weighted by molar-refractivity contribution is 0.0642. The van der Waals surface area contributed by atoms with Gasteiger partial charge in [0.15, 0.2) is 0 Å². The SMILES string of the molecule is CCCN(C(=O)c1ccc(C)c(C)c1)C1CCNCC1. The fourth-order valence-corrected chi connectivity index (χ4v) is 2.85. The van der Waals surface area contributed by atoms with Gasteiger partial charge in [0.1, 0.15) is 0 Å². The summed E-state index contributed by atoms with van der Waals surface area (Å²) in [5.41, 5.74) is 3.27. The molecule has 1 aliphatic heterocycles. The summed E-state index contributed by atoms with van der Waals surface area (Å²) in [7, 11) is 0. The van der Waals surface area contributed by atoms with E-state index in [1.165, 1.54) is 11.1 Å². The molecule has 0 bridgehead atoms. The van der Waals surface area contributed by atoms with Crippen molar-refractivity contribution in [3.8, 4) is 0 Å². The van der Waals surface area contributed by atoms with Crippen molar-refractivity contribution in [2.24, 2.45) is 0 Å². The van der Waals surface area contributed by atoms with Crippen LogP contribution in [0.3, 0.4) is 0 Å². The summed E-state index contributed by atoms with van der Waals surface area (Å²) in [5.74, 6) is 0.196. The molecule has 1 amide bonds. The van der Waals surface area contributed by atoms with Crippen molar-refractivity contribution in [1.29, 1.82) is 0 Å². The third-order valence-corrected chi connectivity index (χ3v) is 4.23. The molecule has 0 aromatic heterocycles. The van der Waals surface area contributed by atoms with Gasteiger partial charge < -0.3 is 10.2 Å². The number of hydrogen-bond donors (Lipinski definition) is 1. The molecule has 1 aromatic rings. The second-order valence-corrected chi connectivity index (χ2v) is 5.78. The molecule has 1 N–H and O–H groups in total. The molecular weight excluding hydrogens is 248 g/mol. The van der Waals surface area contributed by atoms with Gasteiger partial charge in [-0.05, 0) is 69.5 Å². The Morgan fingerprint density at radius 1 is 1.25 bits per heavy atom. The van der Waals surface area contributed by atoms with Gasteiger partial charge in [0.25, 0.3) is 5.91 Å². The van der Waals surface area contributed by atoms with Crippen LogP contribution in [-0.4, -0.2) is 36.5 Å². The first-order chi connectivity index (χ1) is 9.63. The molecule has 0 spiro atoms. The van der Waals surface area contributed by atoms with Crippen LogP contribution >= 0.6 is 0 Å². The Morgan fingerprint density at radius 3 is 2.55 bits per heavy atom. The summed E-state index contributed by atoms with van der Waals surface area (Å²) in [6.45, 7) is 9.19. The van der Waals surface area contributed by atoms with E-state index >= 15 is 0 Å². The largest absolute Gasteiger partial charge is 0.336 e. The molecule has 0 unspecified atom stereocenters. The van der Waals surface area contributed by atoms with Crippen molar-refractivity contribution in [3.05, 3.63) is 34.9 Å². The minimum absolute atomic E-state index is 0.196. The number of piperidine rings is 1. The molecule has 3 heteroatoms. The second kappa shape index (κ2) is 6.89. The van der Waals surface area contributed by atoms with Crippen molar-refractivity contribution in [2.45, 2.75) is 46.1 Å². The number of amides is 1. The summed E-state index contributed by atoms with van der Waals surface area (Å²) in [5, 5.41) is 3.37. The molecule has 0 saturated carbocycles. The Labute approximate surface area is 122 Å². The van der Waals surface area contributed by atoms with Gasteiger partial charge in [-0.1, -0.05) is 13.0 Å². The van der Waals surface area contributed by atoms with Gasteiger partial charge in [-0.3, -0.25) is 4.79 Å². The molecule has 0 radical (unpaired) electrons. The number of benzene rings is 1. The average molecular weight is 274 g/mol. The first kappa shape index (κ1) is 15.0. The predicted molar refractivity (Wildman–Crippen MR) is 83.1 cm³/mol. The van der Waals surface area contributed by atoms with Crippen LogP contribution in [0.5, 0.6) is 0 Å². The first-order valence-electron chi connectivity index (χ1n) is 7.72. The molecule has 110 valence electrons. The van der Waals surface area contributed by atoms with Gasteiger partial charge in [-0.25, -0.2) is 0 Å². The molecule has 1 aliphatic rings. The lowest BCUT2D eigenvalue weighted by atomic mass is 10.0. The molecule has 0 atom stereocenters. The Kier molecular flexibility index (Phi) is 5.18. The highest BCUT2D eigenvalue weighted by molar-refractivity contribution is 5.94. The lowest BCUT2D eigenvalue weighted by Gasteiger charge is -2.34. The summed E-state index contributed by atoms with van der Waals surface area (Å²) in [6, 6.07) is 6.44. The first-order valence-corrected chi connectivity index (χ1v) is 7.72. The lowest BCUT2D eigenvalue weighted by Crippen LogP contribution is -2.46. The Hall–Kier alpha value is -1.35. The fraction of sp³-hybridized carbons (Fsp3) is 0.588. The Balaban J connectivity index is 2.18. The van der Waals surface area contributed by atoms with Crippen molar-refractivity contribution < 1.29 is 4.79 Å². The van der Waals surface area contributed by atoms with Crippen LogP contribution < -0.4 is 5.32 Å². The van der Waals surface area contributed by atoms with Gasteiger partial charge in [0.2, 0.25) is 0 Å². The molecule has 3 nitrogen and oxygen atoms in total. The van der Waals surface area contributed by atoms with E-state index in [4.69, 9.17) is 0 Å². The zero-order chi connectivity index (χ0) is 14.5. The van der Waals surface area contributed by atoms with Gasteiger partial charge in [-0.2, -0.15) is 0 Å². The smallest absolute Gasteiger partial charge is 0.254 e. The molecule has 20 heavy (non-hydrogen) atoms. The van der Waals surface area contributed by atoms with Gasteiger partial charge >= 0.3 is 0 Å². The average Bonchev–Trinajstić information content (AvgIpc) is 2.48. The number of nitrogens with one attached hydrogen (secondary N) is 1. The molecular formula is C17H26N2O. The van der Waals surface area contributed by atoms with E-state index in [1.807, 2.05) is 12.1 Å². The number of carbonyl (C=O) groups is 1. The van der Waals surface area contributed by atoms with E-state index in [1.54, 1.807) is 0 Å². The van der Waals surface area contributed by atoms with E-state index in [-0.39, 0.29) is 5.91 Å². The van der Waals surface area contributed by atoms with Crippen molar-refractivity contribution in [3.63, 3.8) is 0 Å². The van der Waals surface area contributed by atoms with Crippen LogP contribution in [0.25, 0.3) is 0 Å². The second-order valence-electron chi connectivity index (χ2n) is 5.78. The number of carbonyl (C=O) groups excluding carboxylic acids is 1. The van der Waals surface area contributed by atoms with Crippen molar-refractivity contribution in [1.82, 2.24) is 10.2 Å². The van der Waals surface area contributed by atoms with Crippen molar-refractivity contribution in [2.75, 3.05) is 19.6 Å². The maximum Gasteiger partial charge on any atom is 0.254 e. The van der Waals surface area contributed by atoms with Crippen LogP contribution in [-0.2, 0) is 0 Å². The third kappa shape index (κ3) is 3.40. The maximum absolute atomic E-state index is 12.8. The van der Waals surface area contributed by atoms with E-state index in [0.29, 0.717) is 6.04 Å². The maximum atomic E-state index is 12.8. The van der Waals surface area contributed by atoms with Gasteiger partial charge in [-0.15, -0.1) is 0 Å². The van der Waals surface area contributed by atoms with Gasteiger partial charge in [0, 0.05) is 18.2 Å². The summed E-state index contributed by atoms with van der Waals surface area (Å²) >= 11 is 0. The monoisotopic (exact) mass is 274 g/mol.